The first kappa shape index (κ1) is 13.4. The van der Waals surface area contributed by atoms with E-state index in [1.165, 1.54) is 38.8 Å². The molecule has 3 atom stereocenters. The first-order valence-electron chi connectivity index (χ1n) is 7.61. The van der Waals surface area contributed by atoms with Crippen LogP contribution in [0.5, 0.6) is 0 Å². The monoisotopic (exact) mass is 238 g/mol. The van der Waals surface area contributed by atoms with E-state index in [0.717, 1.165) is 23.9 Å². The SMILES string of the molecule is CCC(CC1CC1)N1CC(C)NCC1C(C)C. The van der Waals surface area contributed by atoms with Gasteiger partial charge in [-0.15, -0.1) is 0 Å². The van der Waals surface area contributed by atoms with Crippen LogP contribution in [-0.2, 0) is 0 Å². The van der Waals surface area contributed by atoms with Gasteiger partial charge in [0.2, 0.25) is 0 Å². The van der Waals surface area contributed by atoms with E-state index in [1.807, 2.05) is 0 Å². The van der Waals surface area contributed by atoms with Crippen molar-refractivity contribution in [3.63, 3.8) is 0 Å². The molecule has 2 rings (SSSR count). The van der Waals surface area contributed by atoms with Crippen molar-refractivity contribution in [1.82, 2.24) is 10.2 Å². The largest absolute Gasteiger partial charge is 0.311 e. The quantitative estimate of drug-likeness (QED) is 0.792. The zero-order valence-corrected chi connectivity index (χ0v) is 12.1. The topological polar surface area (TPSA) is 15.3 Å². The van der Waals surface area contributed by atoms with Gasteiger partial charge in [-0.1, -0.05) is 33.6 Å². The van der Waals surface area contributed by atoms with Gasteiger partial charge in [-0.25, -0.2) is 0 Å². The van der Waals surface area contributed by atoms with E-state index >= 15 is 0 Å². The second-order valence-electron chi connectivity index (χ2n) is 6.56. The van der Waals surface area contributed by atoms with Gasteiger partial charge in [0.15, 0.2) is 0 Å². The molecule has 0 spiro atoms. The van der Waals surface area contributed by atoms with Crippen LogP contribution in [0, 0.1) is 11.8 Å². The van der Waals surface area contributed by atoms with E-state index in [4.69, 9.17) is 0 Å². The average Bonchev–Trinajstić information content (AvgIpc) is 3.09. The Hall–Kier alpha value is -0.0800. The molecule has 0 radical (unpaired) electrons. The molecule has 1 heterocycles. The summed E-state index contributed by atoms with van der Waals surface area (Å²) in [5.74, 6) is 1.82. The Balaban J connectivity index is 2.00. The molecule has 0 bridgehead atoms. The first-order chi connectivity index (χ1) is 8.11. The number of nitrogens with zero attached hydrogens (tertiary/aromatic N) is 1. The molecule has 2 aliphatic rings. The van der Waals surface area contributed by atoms with Crippen LogP contribution in [0.25, 0.3) is 0 Å². The summed E-state index contributed by atoms with van der Waals surface area (Å²) in [5, 5.41) is 3.65. The van der Waals surface area contributed by atoms with Crippen LogP contribution in [0.3, 0.4) is 0 Å². The van der Waals surface area contributed by atoms with E-state index in [-0.39, 0.29) is 0 Å². The molecule has 0 aromatic heterocycles. The maximum atomic E-state index is 3.65. The van der Waals surface area contributed by atoms with Crippen LogP contribution in [0.4, 0.5) is 0 Å². The Morgan fingerprint density at radius 3 is 2.53 bits per heavy atom. The summed E-state index contributed by atoms with van der Waals surface area (Å²) >= 11 is 0. The highest BCUT2D eigenvalue weighted by atomic mass is 15.3. The molecular formula is C15H30N2. The molecule has 1 saturated carbocycles. The highest BCUT2D eigenvalue weighted by molar-refractivity contribution is 4.91. The zero-order chi connectivity index (χ0) is 12.4. The Morgan fingerprint density at radius 2 is 2.00 bits per heavy atom. The summed E-state index contributed by atoms with van der Waals surface area (Å²) in [7, 11) is 0. The summed E-state index contributed by atoms with van der Waals surface area (Å²) in [6.45, 7) is 11.9. The third-order valence-electron chi connectivity index (χ3n) is 4.60. The van der Waals surface area contributed by atoms with Gasteiger partial charge in [0.05, 0.1) is 0 Å². The Kier molecular flexibility index (Phi) is 4.48. The van der Waals surface area contributed by atoms with Crippen LogP contribution in [-0.4, -0.2) is 36.1 Å². The van der Waals surface area contributed by atoms with Gasteiger partial charge >= 0.3 is 0 Å². The molecule has 1 saturated heterocycles. The number of hydrogen-bond acceptors (Lipinski definition) is 2. The number of hydrogen-bond donors (Lipinski definition) is 1. The molecule has 1 aliphatic heterocycles. The molecule has 1 N–H and O–H groups in total. The lowest BCUT2D eigenvalue weighted by molar-refractivity contribution is 0.0508. The predicted molar refractivity (Wildman–Crippen MR) is 74.2 cm³/mol. The Morgan fingerprint density at radius 1 is 1.29 bits per heavy atom. The van der Waals surface area contributed by atoms with Crippen LogP contribution < -0.4 is 5.32 Å². The van der Waals surface area contributed by atoms with Crippen molar-refractivity contribution in [3.05, 3.63) is 0 Å². The molecule has 0 amide bonds. The van der Waals surface area contributed by atoms with Crippen molar-refractivity contribution < 1.29 is 0 Å². The molecule has 0 aromatic carbocycles. The maximum absolute atomic E-state index is 3.65. The van der Waals surface area contributed by atoms with Crippen LogP contribution in [0.1, 0.15) is 53.4 Å². The van der Waals surface area contributed by atoms with Crippen molar-refractivity contribution in [3.8, 4) is 0 Å². The second kappa shape index (κ2) is 5.71. The summed E-state index contributed by atoms with van der Waals surface area (Å²) in [6, 6.07) is 2.24. The van der Waals surface area contributed by atoms with E-state index in [0.29, 0.717) is 6.04 Å². The van der Waals surface area contributed by atoms with Gasteiger partial charge in [0.25, 0.3) is 0 Å². The average molecular weight is 238 g/mol. The fourth-order valence-corrected chi connectivity index (χ4v) is 3.27. The van der Waals surface area contributed by atoms with E-state index in [2.05, 4.69) is 37.9 Å². The molecule has 3 unspecified atom stereocenters. The van der Waals surface area contributed by atoms with E-state index < -0.39 is 0 Å². The number of nitrogens with one attached hydrogen (secondary N) is 1. The van der Waals surface area contributed by atoms with Crippen molar-refractivity contribution in [1.29, 1.82) is 0 Å². The molecule has 1 aliphatic carbocycles. The summed E-state index contributed by atoms with van der Waals surface area (Å²) in [5.41, 5.74) is 0. The van der Waals surface area contributed by atoms with Crippen molar-refractivity contribution >= 4 is 0 Å². The second-order valence-corrected chi connectivity index (χ2v) is 6.56. The third kappa shape index (κ3) is 3.45. The van der Waals surface area contributed by atoms with Crippen LogP contribution in [0.2, 0.25) is 0 Å². The number of rotatable bonds is 5. The van der Waals surface area contributed by atoms with Gasteiger partial charge in [0.1, 0.15) is 0 Å². The Bertz CT molecular complexity index is 235. The fraction of sp³-hybridized carbons (Fsp3) is 1.00. The van der Waals surface area contributed by atoms with Gasteiger partial charge in [0, 0.05) is 31.2 Å². The zero-order valence-electron chi connectivity index (χ0n) is 12.1. The highest BCUT2D eigenvalue weighted by Gasteiger charge is 2.35. The molecule has 0 aromatic rings. The minimum atomic E-state index is 0.665. The fourth-order valence-electron chi connectivity index (χ4n) is 3.27. The molecule has 17 heavy (non-hydrogen) atoms. The summed E-state index contributed by atoms with van der Waals surface area (Å²) in [6.07, 6.45) is 5.76. The van der Waals surface area contributed by atoms with Crippen LogP contribution >= 0.6 is 0 Å². The maximum Gasteiger partial charge on any atom is 0.0247 e. The molecule has 2 nitrogen and oxygen atoms in total. The Labute approximate surface area is 107 Å². The predicted octanol–water partition coefficient (Wildman–Crippen LogP) is 2.88. The lowest BCUT2D eigenvalue weighted by Gasteiger charge is -2.46. The van der Waals surface area contributed by atoms with Crippen molar-refractivity contribution in [2.75, 3.05) is 13.1 Å². The minimum absolute atomic E-state index is 0.665. The van der Waals surface area contributed by atoms with Gasteiger partial charge < -0.3 is 5.32 Å². The van der Waals surface area contributed by atoms with Crippen molar-refractivity contribution in [2.24, 2.45) is 11.8 Å². The molecule has 2 fully saturated rings. The lowest BCUT2D eigenvalue weighted by Crippen LogP contribution is -2.60. The standard InChI is InChI=1S/C15H30N2/c1-5-14(8-13-6-7-13)17-10-12(4)16-9-15(17)11(2)3/h11-16H,5-10H2,1-4H3. The van der Waals surface area contributed by atoms with Gasteiger partial charge in [-0.05, 0) is 31.6 Å². The molecule has 100 valence electrons. The smallest absolute Gasteiger partial charge is 0.0247 e. The van der Waals surface area contributed by atoms with E-state index in [1.54, 1.807) is 0 Å². The van der Waals surface area contributed by atoms with Crippen LogP contribution in [0.15, 0.2) is 0 Å². The third-order valence-corrected chi connectivity index (χ3v) is 4.60. The first-order valence-corrected chi connectivity index (χ1v) is 7.61. The normalized spacial score (nSPS) is 33.0. The summed E-state index contributed by atoms with van der Waals surface area (Å²) < 4.78 is 0. The molecular weight excluding hydrogens is 208 g/mol. The highest BCUT2D eigenvalue weighted by Crippen LogP contribution is 2.36. The lowest BCUT2D eigenvalue weighted by atomic mass is 9.94. The summed E-state index contributed by atoms with van der Waals surface area (Å²) in [4.78, 5) is 2.82. The van der Waals surface area contributed by atoms with Crippen molar-refractivity contribution in [2.45, 2.75) is 71.5 Å². The van der Waals surface area contributed by atoms with Gasteiger partial charge in [-0.3, -0.25) is 4.90 Å². The number of piperazine rings is 1. The van der Waals surface area contributed by atoms with E-state index in [9.17, 15) is 0 Å². The minimum Gasteiger partial charge on any atom is -0.311 e. The van der Waals surface area contributed by atoms with Gasteiger partial charge in [-0.2, -0.15) is 0 Å². The molecule has 2 heteroatoms.